The predicted octanol–water partition coefficient (Wildman–Crippen LogP) is 3.72. The van der Waals surface area contributed by atoms with Crippen LogP contribution in [0.3, 0.4) is 0 Å². The van der Waals surface area contributed by atoms with Gasteiger partial charge in [-0.3, -0.25) is 9.89 Å². The second-order valence-corrected chi connectivity index (χ2v) is 5.94. The molecule has 0 bridgehead atoms. The van der Waals surface area contributed by atoms with Crippen molar-refractivity contribution in [1.82, 2.24) is 10.2 Å². The van der Waals surface area contributed by atoms with Crippen LogP contribution in [0.2, 0.25) is 5.02 Å². The number of halogens is 1. The molecule has 2 aromatic carbocycles. The van der Waals surface area contributed by atoms with Gasteiger partial charge in [0.15, 0.2) is 0 Å². The number of para-hydroxylation sites is 1. The van der Waals surface area contributed by atoms with Crippen LogP contribution in [0.1, 0.15) is 17.9 Å². The first-order chi connectivity index (χ1) is 11.2. The van der Waals surface area contributed by atoms with E-state index in [1.165, 1.54) is 0 Å². The molecule has 0 fully saturated rings. The lowest BCUT2D eigenvalue weighted by Crippen LogP contribution is -2.26. The molecule has 1 aliphatic rings. The maximum absolute atomic E-state index is 12.8. The van der Waals surface area contributed by atoms with Crippen LogP contribution in [0.4, 0.5) is 5.69 Å². The second kappa shape index (κ2) is 5.59. The highest BCUT2D eigenvalue weighted by Gasteiger charge is 2.28. The number of rotatable bonds is 2. The molecule has 4 rings (SSSR count). The Bertz CT molecular complexity index is 890. The minimum atomic E-state index is -0.282. The van der Waals surface area contributed by atoms with Crippen molar-refractivity contribution in [3.05, 3.63) is 53.2 Å². The van der Waals surface area contributed by atoms with Crippen LogP contribution in [0, 0.1) is 0 Å². The Balaban J connectivity index is 1.66. The Kier molecular flexibility index (Phi) is 3.42. The van der Waals surface area contributed by atoms with E-state index in [0.717, 1.165) is 27.9 Å². The monoisotopic (exact) mass is 327 g/mol. The number of benzene rings is 2. The van der Waals surface area contributed by atoms with Gasteiger partial charge in [0.05, 0.1) is 29.9 Å². The fourth-order valence-electron chi connectivity index (χ4n) is 2.93. The van der Waals surface area contributed by atoms with E-state index in [-0.39, 0.29) is 11.8 Å². The molecule has 0 saturated heterocycles. The van der Waals surface area contributed by atoms with Crippen LogP contribution in [-0.4, -0.2) is 22.7 Å². The molecular formula is C17H14ClN3O2. The Morgan fingerprint density at radius 1 is 1.35 bits per heavy atom. The van der Waals surface area contributed by atoms with Gasteiger partial charge in [-0.15, -0.1) is 0 Å². The van der Waals surface area contributed by atoms with E-state index >= 15 is 0 Å². The maximum atomic E-state index is 12.8. The van der Waals surface area contributed by atoms with Crippen molar-refractivity contribution in [3.63, 3.8) is 0 Å². The Morgan fingerprint density at radius 2 is 2.26 bits per heavy atom. The number of amides is 1. The summed E-state index contributed by atoms with van der Waals surface area (Å²) in [6.45, 7) is 0.515. The number of fused-ring (bicyclic) bond motifs is 2. The van der Waals surface area contributed by atoms with Crippen molar-refractivity contribution >= 4 is 34.1 Å². The van der Waals surface area contributed by atoms with Gasteiger partial charge in [-0.25, -0.2) is 0 Å². The molecule has 1 aromatic heterocycles. The minimum absolute atomic E-state index is 0.0704. The van der Waals surface area contributed by atoms with Crippen molar-refractivity contribution in [1.29, 1.82) is 0 Å². The second-order valence-electron chi connectivity index (χ2n) is 5.50. The number of anilines is 1. The highest BCUT2D eigenvalue weighted by atomic mass is 35.5. The lowest BCUT2D eigenvalue weighted by atomic mass is 9.92. The van der Waals surface area contributed by atoms with E-state index in [9.17, 15) is 4.79 Å². The largest absolute Gasteiger partial charge is 0.493 e. The lowest BCUT2D eigenvalue weighted by Gasteiger charge is -2.25. The summed E-state index contributed by atoms with van der Waals surface area (Å²) >= 11 is 6.07. The summed E-state index contributed by atoms with van der Waals surface area (Å²) in [6, 6.07) is 11.1. The zero-order chi connectivity index (χ0) is 15.8. The molecular weight excluding hydrogens is 314 g/mol. The first-order valence-electron chi connectivity index (χ1n) is 7.37. The van der Waals surface area contributed by atoms with Gasteiger partial charge in [-0.05, 0) is 30.7 Å². The zero-order valence-corrected chi connectivity index (χ0v) is 12.9. The number of aromatic nitrogens is 2. The van der Waals surface area contributed by atoms with E-state index in [0.29, 0.717) is 18.1 Å². The van der Waals surface area contributed by atoms with Crippen LogP contribution in [-0.2, 0) is 4.79 Å². The Hall–Kier alpha value is -2.53. The van der Waals surface area contributed by atoms with Crippen molar-refractivity contribution in [2.75, 3.05) is 11.9 Å². The normalized spacial score (nSPS) is 16.7. The number of hydrogen-bond donors (Lipinski definition) is 2. The van der Waals surface area contributed by atoms with E-state index < -0.39 is 0 Å². The quantitative estimate of drug-likeness (QED) is 0.753. The first-order valence-corrected chi connectivity index (χ1v) is 7.75. The molecule has 116 valence electrons. The van der Waals surface area contributed by atoms with Crippen LogP contribution in [0.25, 0.3) is 10.9 Å². The smallest absolute Gasteiger partial charge is 0.232 e. The summed E-state index contributed by atoms with van der Waals surface area (Å²) in [5, 5.41) is 11.5. The number of carbonyl (C=O) groups is 1. The van der Waals surface area contributed by atoms with Crippen LogP contribution in [0.15, 0.2) is 42.6 Å². The maximum Gasteiger partial charge on any atom is 0.232 e. The molecule has 0 aliphatic carbocycles. The average Bonchev–Trinajstić information content (AvgIpc) is 3.04. The van der Waals surface area contributed by atoms with E-state index in [2.05, 4.69) is 15.5 Å². The number of H-pyrrole nitrogens is 1. The number of ether oxygens (including phenoxy) is 1. The zero-order valence-electron chi connectivity index (χ0n) is 12.2. The standard InChI is InChI=1S/C17H14ClN3O2/c18-11-4-5-15-13(8-11)12(6-7-23-15)17(22)20-14-3-1-2-10-9-19-21-16(10)14/h1-5,8-9,12H,6-7H2,(H,19,21)(H,20,22). The molecule has 1 atom stereocenters. The molecule has 3 aromatic rings. The third-order valence-electron chi connectivity index (χ3n) is 4.06. The minimum Gasteiger partial charge on any atom is -0.493 e. The van der Waals surface area contributed by atoms with Gasteiger partial charge in [0.1, 0.15) is 5.75 Å². The fourth-order valence-corrected chi connectivity index (χ4v) is 3.11. The van der Waals surface area contributed by atoms with E-state index in [1.807, 2.05) is 24.3 Å². The van der Waals surface area contributed by atoms with Gasteiger partial charge >= 0.3 is 0 Å². The lowest BCUT2D eigenvalue weighted by molar-refractivity contribution is -0.118. The third-order valence-corrected chi connectivity index (χ3v) is 4.30. The molecule has 23 heavy (non-hydrogen) atoms. The predicted molar refractivity (Wildman–Crippen MR) is 89.0 cm³/mol. The summed E-state index contributed by atoms with van der Waals surface area (Å²) in [7, 11) is 0. The van der Waals surface area contributed by atoms with E-state index in [1.54, 1.807) is 18.3 Å². The van der Waals surface area contributed by atoms with Gasteiger partial charge < -0.3 is 10.1 Å². The summed E-state index contributed by atoms with van der Waals surface area (Å²) in [5.74, 6) is 0.370. The third kappa shape index (κ3) is 2.53. The molecule has 2 heterocycles. The number of nitrogens with one attached hydrogen (secondary N) is 2. The molecule has 1 aliphatic heterocycles. The molecule has 5 nitrogen and oxygen atoms in total. The van der Waals surface area contributed by atoms with Gasteiger partial charge in [-0.1, -0.05) is 23.7 Å². The molecule has 6 heteroatoms. The summed E-state index contributed by atoms with van der Waals surface area (Å²) in [6.07, 6.45) is 2.35. The Morgan fingerprint density at radius 3 is 3.17 bits per heavy atom. The van der Waals surface area contributed by atoms with Crippen molar-refractivity contribution in [2.24, 2.45) is 0 Å². The van der Waals surface area contributed by atoms with Crippen LogP contribution >= 0.6 is 11.6 Å². The summed E-state index contributed by atoms with van der Waals surface area (Å²) in [5.41, 5.74) is 2.37. The van der Waals surface area contributed by atoms with Gasteiger partial charge in [0, 0.05) is 16.0 Å². The summed E-state index contributed by atoms with van der Waals surface area (Å²) in [4.78, 5) is 12.8. The number of hydrogen-bond acceptors (Lipinski definition) is 3. The first kappa shape index (κ1) is 14.1. The highest BCUT2D eigenvalue weighted by Crippen LogP contribution is 2.36. The van der Waals surface area contributed by atoms with Crippen LogP contribution < -0.4 is 10.1 Å². The molecule has 1 amide bonds. The number of nitrogens with zero attached hydrogens (tertiary/aromatic N) is 1. The van der Waals surface area contributed by atoms with Gasteiger partial charge in [0.2, 0.25) is 5.91 Å². The molecule has 0 radical (unpaired) electrons. The SMILES string of the molecule is O=C(Nc1cccc2cn[nH]c12)C1CCOc2ccc(Cl)cc21. The molecule has 0 saturated carbocycles. The number of carbonyl (C=O) groups excluding carboxylic acids is 1. The fraction of sp³-hybridized carbons (Fsp3) is 0.176. The average molecular weight is 328 g/mol. The summed E-state index contributed by atoms with van der Waals surface area (Å²) < 4.78 is 5.61. The van der Waals surface area contributed by atoms with Gasteiger partial charge in [0.25, 0.3) is 0 Å². The molecule has 0 spiro atoms. The topological polar surface area (TPSA) is 67.0 Å². The van der Waals surface area contributed by atoms with Crippen LogP contribution in [0.5, 0.6) is 5.75 Å². The molecule has 1 unspecified atom stereocenters. The number of aromatic amines is 1. The van der Waals surface area contributed by atoms with E-state index in [4.69, 9.17) is 16.3 Å². The van der Waals surface area contributed by atoms with Crippen molar-refractivity contribution < 1.29 is 9.53 Å². The van der Waals surface area contributed by atoms with Crippen molar-refractivity contribution in [3.8, 4) is 5.75 Å². The van der Waals surface area contributed by atoms with Gasteiger partial charge in [-0.2, -0.15) is 5.10 Å². The van der Waals surface area contributed by atoms with Crippen molar-refractivity contribution in [2.45, 2.75) is 12.3 Å². The molecule has 2 N–H and O–H groups in total. The highest BCUT2D eigenvalue weighted by molar-refractivity contribution is 6.30. The Labute approximate surface area is 137 Å².